The van der Waals surface area contributed by atoms with Crippen molar-refractivity contribution in [1.29, 1.82) is 0 Å². The first-order valence-corrected chi connectivity index (χ1v) is 8.88. The van der Waals surface area contributed by atoms with Gasteiger partial charge in [-0.3, -0.25) is 9.59 Å². The fraction of sp³-hybridized carbons (Fsp3) is 0.579. The van der Waals surface area contributed by atoms with Crippen molar-refractivity contribution in [3.05, 3.63) is 23.8 Å². The lowest BCUT2D eigenvalue weighted by Gasteiger charge is -2.40. The van der Waals surface area contributed by atoms with E-state index in [4.69, 9.17) is 0 Å². The third-order valence-corrected chi connectivity index (χ3v) is 5.60. The van der Waals surface area contributed by atoms with Gasteiger partial charge in [-0.1, -0.05) is 6.92 Å². The van der Waals surface area contributed by atoms with Crippen LogP contribution in [0.5, 0.6) is 0 Å². The lowest BCUT2D eigenvalue weighted by molar-refractivity contribution is -0.117. The minimum absolute atomic E-state index is 0.115. The number of anilines is 2. The first-order valence-electron chi connectivity index (χ1n) is 8.88. The van der Waals surface area contributed by atoms with Gasteiger partial charge in [0.2, 0.25) is 12.3 Å². The molecular weight excluding hydrogens is 302 g/mol. The number of nitrogens with zero attached hydrogens (tertiary/aromatic N) is 2. The maximum atomic E-state index is 12.1. The lowest BCUT2D eigenvalue weighted by atomic mass is 9.87. The van der Waals surface area contributed by atoms with Gasteiger partial charge in [0.15, 0.2) is 0 Å². The van der Waals surface area contributed by atoms with Crippen molar-refractivity contribution in [2.24, 2.45) is 5.92 Å². The molecule has 5 heteroatoms. The van der Waals surface area contributed by atoms with Crippen LogP contribution in [-0.2, 0) is 16.0 Å². The van der Waals surface area contributed by atoms with Crippen LogP contribution in [0.3, 0.4) is 0 Å². The van der Waals surface area contributed by atoms with Crippen molar-refractivity contribution in [3.63, 3.8) is 0 Å². The quantitative estimate of drug-likeness (QED) is 0.866. The van der Waals surface area contributed by atoms with Crippen LogP contribution in [0.1, 0.15) is 39.2 Å². The summed E-state index contributed by atoms with van der Waals surface area (Å²) in [6.07, 6.45) is 3.76. The highest BCUT2D eigenvalue weighted by Gasteiger charge is 2.31. The Labute approximate surface area is 144 Å². The van der Waals surface area contributed by atoms with E-state index in [1.54, 1.807) is 6.92 Å². The summed E-state index contributed by atoms with van der Waals surface area (Å²) in [6, 6.07) is 7.02. The SMILES string of the molecule is CC(=O)N1c2ccc(N3CCC(NC=O)CC3)cc2CC(C)[C@@H]1C. The number of carbonyl (C=O) groups excluding carboxylic acids is 2. The van der Waals surface area contributed by atoms with Gasteiger partial charge in [-0.25, -0.2) is 0 Å². The predicted octanol–water partition coefficient (Wildman–Crippen LogP) is 2.33. The molecule has 2 amide bonds. The van der Waals surface area contributed by atoms with E-state index in [9.17, 15) is 9.59 Å². The smallest absolute Gasteiger partial charge is 0.224 e. The molecule has 1 aromatic carbocycles. The highest BCUT2D eigenvalue weighted by atomic mass is 16.2. The third kappa shape index (κ3) is 3.12. The molecule has 2 heterocycles. The minimum atomic E-state index is 0.115. The number of rotatable bonds is 3. The molecule has 1 unspecified atom stereocenters. The number of nitrogens with one attached hydrogen (secondary N) is 1. The molecule has 2 aliphatic rings. The average Bonchev–Trinajstić information content (AvgIpc) is 2.56. The third-order valence-electron chi connectivity index (χ3n) is 5.60. The Morgan fingerprint density at radius 2 is 1.96 bits per heavy atom. The molecule has 2 atom stereocenters. The van der Waals surface area contributed by atoms with Crippen LogP contribution in [0.15, 0.2) is 18.2 Å². The van der Waals surface area contributed by atoms with Crippen molar-refractivity contribution >= 4 is 23.7 Å². The van der Waals surface area contributed by atoms with Crippen LogP contribution in [-0.4, -0.2) is 37.5 Å². The van der Waals surface area contributed by atoms with E-state index < -0.39 is 0 Å². The molecule has 0 spiro atoms. The fourth-order valence-corrected chi connectivity index (χ4v) is 4.02. The maximum Gasteiger partial charge on any atom is 0.224 e. The number of hydrogen-bond acceptors (Lipinski definition) is 3. The highest BCUT2D eigenvalue weighted by Crippen LogP contribution is 2.36. The van der Waals surface area contributed by atoms with Crippen molar-refractivity contribution in [2.45, 2.75) is 52.1 Å². The summed E-state index contributed by atoms with van der Waals surface area (Å²) in [5.41, 5.74) is 3.55. The van der Waals surface area contributed by atoms with E-state index in [0.29, 0.717) is 12.0 Å². The van der Waals surface area contributed by atoms with Gasteiger partial charge in [0.1, 0.15) is 0 Å². The van der Waals surface area contributed by atoms with E-state index in [2.05, 4.69) is 42.3 Å². The number of piperidine rings is 1. The number of fused-ring (bicyclic) bond motifs is 1. The van der Waals surface area contributed by atoms with Gasteiger partial charge in [-0.15, -0.1) is 0 Å². The molecular formula is C19H27N3O2. The predicted molar refractivity (Wildman–Crippen MR) is 96.4 cm³/mol. The van der Waals surface area contributed by atoms with E-state index in [-0.39, 0.29) is 11.9 Å². The maximum absolute atomic E-state index is 12.1. The van der Waals surface area contributed by atoms with E-state index in [0.717, 1.165) is 44.4 Å². The minimum Gasteiger partial charge on any atom is -0.371 e. The number of carbonyl (C=O) groups is 2. The molecule has 0 radical (unpaired) electrons. The zero-order valence-corrected chi connectivity index (χ0v) is 14.8. The van der Waals surface area contributed by atoms with E-state index in [1.165, 1.54) is 11.3 Å². The van der Waals surface area contributed by atoms with Crippen LogP contribution in [0.25, 0.3) is 0 Å². The van der Waals surface area contributed by atoms with Crippen molar-refractivity contribution in [2.75, 3.05) is 22.9 Å². The first-order chi connectivity index (χ1) is 11.5. The normalized spacial score (nSPS) is 24.5. The molecule has 130 valence electrons. The molecule has 1 aromatic rings. The van der Waals surface area contributed by atoms with Crippen molar-refractivity contribution in [3.8, 4) is 0 Å². The Bertz CT molecular complexity index is 623. The Morgan fingerprint density at radius 1 is 1.25 bits per heavy atom. The molecule has 24 heavy (non-hydrogen) atoms. The van der Waals surface area contributed by atoms with Crippen LogP contribution in [0, 0.1) is 5.92 Å². The Hall–Kier alpha value is -2.04. The molecule has 1 fully saturated rings. The fourth-order valence-electron chi connectivity index (χ4n) is 4.02. The molecule has 1 N–H and O–H groups in total. The summed E-state index contributed by atoms with van der Waals surface area (Å²) in [5, 5.41) is 2.88. The highest BCUT2D eigenvalue weighted by molar-refractivity contribution is 5.94. The van der Waals surface area contributed by atoms with Crippen molar-refractivity contribution in [1.82, 2.24) is 5.32 Å². The molecule has 0 saturated carbocycles. The van der Waals surface area contributed by atoms with Gasteiger partial charge in [0, 0.05) is 43.5 Å². The molecule has 0 aromatic heterocycles. The second-order valence-corrected chi connectivity index (χ2v) is 7.17. The van der Waals surface area contributed by atoms with Gasteiger partial charge in [-0.2, -0.15) is 0 Å². The van der Waals surface area contributed by atoms with Gasteiger partial charge >= 0.3 is 0 Å². The largest absolute Gasteiger partial charge is 0.371 e. The zero-order valence-electron chi connectivity index (χ0n) is 14.8. The molecule has 1 saturated heterocycles. The number of hydrogen-bond donors (Lipinski definition) is 1. The second kappa shape index (κ2) is 6.83. The van der Waals surface area contributed by atoms with E-state index in [1.807, 2.05) is 4.90 Å². The molecule has 2 aliphatic heterocycles. The Balaban J connectivity index is 1.80. The monoisotopic (exact) mass is 329 g/mol. The van der Waals surface area contributed by atoms with Crippen molar-refractivity contribution < 1.29 is 9.59 Å². The van der Waals surface area contributed by atoms with Crippen LogP contribution >= 0.6 is 0 Å². The number of amides is 2. The summed E-state index contributed by atoms with van der Waals surface area (Å²) in [7, 11) is 0. The zero-order chi connectivity index (χ0) is 17.3. The van der Waals surface area contributed by atoms with E-state index >= 15 is 0 Å². The summed E-state index contributed by atoms with van der Waals surface area (Å²) in [4.78, 5) is 27.0. The Kier molecular flexibility index (Phi) is 4.78. The molecule has 0 bridgehead atoms. The summed E-state index contributed by atoms with van der Waals surface area (Å²) < 4.78 is 0. The van der Waals surface area contributed by atoms with Gasteiger partial charge in [0.05, 0.1) is 0 Å². The summed E-state index contributed by atoms with van der Waals surface area (Å²) in [5.74, 6) is 0.572. The lowest BCUT2D eigenvalue weighted by Crippen LogP contribution is -2.45. The van der Waals surface area contributed by atoms with Gasteiger partial charge in [0.25, 0.3) is 0 Å². The summed E-state index contributed by atoms with van der Waals surface area (Å²) in [6.45, 7) is 7.90. The standard InChI is InChI=1S/C19H27N3O2/c1-13-10-16-11-18(21-8-6-17(7-9-21)20-12-23)4-5-19(16)22(14(13)2)15(3)24/h4-5,11-14,17H,6-10H2,1-3H3,(H,20,23)/t13?,14-/m0/s1. The summed E-state index contributed by atoms with van der Waals surface area (Å²) >= 11 is 0. The van der Waals surface area contributed by atoms with Gasteiger partial charge in [-0.05, 0) is 55.9 Å². The average molecular weight is 329 g/mol. The topological polar surface area (TPSA) is 52.7 Å². The Morgan fingerprint density at radius 3 is 2.58 bits per heavy atom. The molecule has 0 aliphatic carbocycles. The molecule has 3 rings (SSSR count). The second-order valence-electron chi connectivity index (χ2n) is 7.17. The van der Waals surface area contributed by atoms with Crippen LogP contribution < -0.4 is 15.1 Å². The first kappa shape index (κ1) is 16.8. The number of benzene rings is 1. The molecule has 5 nitrogen and oxygen atoms in total. The van der Waals surface area contributed by atoms with Gasteiger partial charge < -0.3 is 15.1 Å². The van der Waals surface area contributed by atoms with Crippen LogP contribution in [0.2, 0.25) is 0 Å². The van der Waals surface area contributed by atoms with Crippen LogP contribution in [0.4, 0.5) is 11.4 Å².